The second kappa shape index (κ2) is 4.76. The number of carboxylic acids is 1. The summed E-state index contributed by atoms with van der Waals surface area (Å²) in [7, 11) is 0. The Morgan fingerprint density at radius 2 is 2.00 bits per heavy atom. The quantitative estimate of drug-likeness (QED) is 0.770. The lowest BCUT2D eigenvalue weighted by Crippen LogP contribution is -2.49. The summed E-state index contributed by atoms with van der Waals surface area (Å²) < 4.78 is 0. The van der Waals surface area contributed by atoms with Gasteiger partial charge >= 0.3 is 12.0 Å². The van der Waals surface area contributed by atoms with Crippen LogP contribution >= 0.6 is 11.8 Å². The largest absolute Gasteiger partial charge is 0.480 e. The van der Waals surface area contributed by atoms with E-state index >= 15 is 0 Å². The average molecular weight is 258 g/mol. The fourth-order valence-corrected chi connectivity index (χ4v) is 3.71. The summed E-state index contributed by atoms with van der Waals surface area (Å²) >= 11 is 1.51. The van der Waals surface area contributed by atoms with Crippen molar-refractivity contribution >= 4 is 23.8 Å². The first-order chi connectivity index (χ1) is 8.00. The smallest absolute Gasteiger partial charge is 0.327 e. The molecule has 0 aromatic heterocycles. The molecule has 3 atom stereocenters. The molecule has 2 aliphatic rings. The van der Waals surface area contributed by atoms with E-state index < -0.39 is 12.0 Å². The predicted molar refractivity (Wildman–Crippen MR) is 65.9 cm³/mol. The van der Waals surface area contributed by atoms with E-state index in [4.69, 9.17) is 5.11 Å². The van der Waals surface area contributed by atoms with E-state index in [0.29, 0.717) is 17.5 Å². The number of nitrogens with zero attached hydrogens (tertiary/aromatic N) is 2. The standard InChI is InChI=1S/C11H18N2O3S/c1-7-3-8(2)12(4-7)11(16)13-6-17-5-9(13)10(14)15/h7-9H,3-6H2,1-2H3,(H,14,15)/t7?,8?,9-/m0/s1. The third-order valence-corrected chi connectivity index (χ3v) is 4.45. The van der Waals surface area contributed by atoms with Crippen LogP contribution < -0.4 is 0 Å². The van der Waals surface area contributed by atoms with Gasteiger partial charge in [-0.15, -0.1) is 11.8 Å². The Morgan fingerprint density at radius 3 is 2.53 bits per heavy atom. The first-order valence-corrected chi connectivity index (χ1v) is 7.04. The van der Waals surface area contributed by atoms with Gasteiger partial charge in [-0.1, -0.05) is 6.92 Å². The molecule has 5 nitrogen and oxygen atoms in total. The third kappa shape index (κ3) is 2.36. The van der Waals surface area contributed by atoms with Crippen molar-refractivity contribution in [3.63, 3.8) is 0 Å². The van der Waals surface area contributed by atoms with E-state index in [2.05, 4.69) is 6.92 Å². The van der Waals surface area contributed by atoms with Crippen molar-refractivity contribution in [3.8, 4) is 0 Å². The average Bonchev–Trinajstić information content (AvgIpc) is 2.83. The van der Waals surface area contributed by atoms with Crippen molar-refractivity contribution in [1.29, 1.82) is 0 Å². The van der Waals surface area contributed by atoms with Crippen molar-refractivity contribution < 1.29 is 14.7 Å². The number of hydrogen-bond acceptors (Lipinski definition) is 3. The Hall–Kier alpha value is -0.910. The molecule has 2 heterocycles. The van der Waals surface area contributed by atoms with E-state index in [1.165, 1.54) is 16.7 Å². The zero-order valence-electron chi connectivity index (χ0n) is 10.1. The molecule has 1 N–H and O–H groups in total. The Kier molecular flexibility index (Phi) is 3.51. The van der Waals surface area contributed by atoms with Gasteiger partial charge in [-0.05, 0) is 19.3 Å². The minimum Gasteiger partial charge on any atom is -0.480 e. The monoisotopic (exact) mass is 258 g/mol. The number of carbonyl (C=O) groups excluding carboxylic acids is 1. The van der Waals surface area contributed by atoms with Crippen LogP contribution in [0.15, 0.2) is 0 Å². The fraction of sp³-hybridized carbons (Fsp3) is 0.818. The summed E-state index contributed by atoms with van der Waals surface area (Å²) in [4.78, 5) is 26.6. The van der Waals surface area contributed by atoms with E-state index in [9.17, 15) is 9.59 Å². The van der Waals surface area contributed by atoms with Gasteiger partial charge in [-0.25, -0.2) is 9.59 Å². The molecule has 0 aromatic carbocycles. The Balaban J connectivity index is 2.07. The summed E-state index contributed by atoms with van der Waals surface area (Å²) in [5.74, 6) is 0.599. The molecule has 0 aromatic rings. The Bertz CT molecular complexity index is 337. The summed E-state index contributed by atoms with van der Waals surface area (Å²) in [6.07, 6.45) is 1.00. The van der Waals surface area contributed by atoms with Crippen molar-refractivity contribution in [2.75, 3.05) is 18.2 Å². The number of likely N-dealkylation sites (tertiary alicyclic amines) is 1. The van der Waals surface area contributed by atoms with Gasteiger partial charge in [0, 0.05) is 18.3 Å². The maximum absolute atomic E-state index is 12.3. The molecule has 2 aliphatic heterocycles. The van der Waals surface area contributed by atoms with E-state index in [1.54, 1.807) is 0 Å². The van der Waals surface area contributed by atoms with Crippen LogP contribution in [0, 0.1) is 5.92 Å². The van der Waals surface area contributed by atoms with Crippen molar-refractivity contribution in [3.05, 3.63) is 0 Å². The number of rotatable bonds is 1. The molecule has 0 spiro atoms. The van der Waals surface area contributed by atoms with Crippen LogP contribution in [0.4, 0.5) is 4.79 Å². The molecule has 0 aliphatic carbocycles. The summed E-state index contributed by atoms with van der Waals surface area (Å²) in [6.45, 7) is 4.89. The molecule has 6 heteroatoms. The summed E-state index contributed by atoms with van der Waals surface area (Å²) in [5, 5.41) is 9.07. The second-order valence-electron chi connectivity index (χ2n) is 4.95. The van der Waals surface area contributed by atoms with Crippen LogP contribution in [0.3, 0.4) is 0 Å². The highest BCUT2D eigenvalue weighted by molar-refractivity contribution is 7.99. The molecule has 2 rings (SSSR count). The highest BCUT2D eigenvalue weighted by Gasteiger charge is 2.40. The minimum absolute atomic E-state index is 0.112. The first-order valence-electron chi connectivity index (χ1n) is 5.88. The van der Waals surface area contributed by atoms with E-state index in [0.717, 1.165) is 13.0 Å². The first kappa shape index (κ1) is 12.5. The maximum atomic E-state index is 12.3. The number of urea groups is 1. The van der Waals surface area contributed by atoms with Gasteiger partial charge in [-0.3, -0.25) is 0 Å². The second-order valence-corrected chi connectivity index (χ2v) is 5.95. The molecular formula is C11H18N2O3S. The van der Waals surface area contributed by atoms with Gasteiger partial charge in [0.1, 0.15) is 6.04 Å². The maximum Gasteiger partial charge on any atom is 0.327 e. The third-order valence-electron chi connectivity index (χ3n) is 3.44. The van der Waals surface area contributed by atoms with E-state index in [-0.39, 0.29) is 12.1 Å². The number of thioether (sulfide) groups is 1. The zero-order valence-corrected chi connectivity index (χ0v) is 10.9. The predicted octanol–water partition coefficient (Wildman–Crippen LogP) is 1.30. The van der Waals surface area contributed by atoms with Gasteiger partial charge < -0.3 is 14.9 Å². The number of hydrogen-bond donors (Lipinski definition) is 1. The minimum atomic E-state index is -0.900. The lowest BCUT2D eigenvalue weighted by atomic mass is 10.1. The highest BCUT2D eigenvalue weighted by atomic mass is 32.2. The van der Waals surface area contributed by atoms with Crippen LogP contribution in [0.25, 0.3) is 0 Å². The van der Waals surface area contributed by atoms with Gasteiger partial charge in [0.25, 0.3) is 0 Å². The molecular weight excluding hydrogens is 240 g/mol. The lowest BCUT2D eigenvalue weighted by molar-refractivity contribution is -0.140. The molecule has 96 valence electrons. The lowest BCUT2D eigenvalue weighted by Gasteiger charge is -2.29. The van der Waals surface area contributed by atoms with Gasteiger partial charge in [0.2, 0.25) is 0 Å². The molecule has 2 amide bonds. The number of aliphatic carboxylic acids is 1. The molecule has 2 unspecified atom stereocenters. The molecule has 0 saturated carbocycles. The van der Waals surface area contributed by atoms with Crippen LogP contribution in [0.5, 0.6) is 0 Å². The molecule has 2 fully saturated rings. The van der Waals surface area contributed by atoms with Crippen LogP contribution in [0.1, 0.15) is 20.3 Å². The molecule has 2 saturated heterocycles. The summed E-state index contributed by atoms with van der Waals surface area (Å²) in [6, 6.07) is -0.549. The van der Waals surface area contributed by atoms with Crippen LogP contribution in [-0.4, -0.2) is 57.2 Å². The van der Waals surface area contributed by atoms with Crippen molar-refractivity contribution in [2.24, 2.45) is 5.92 Å². The van der Waals surface area contributed by atoms with Crippen molar-refractivity contribution in [2.45, 2.75) is 32.4 Å². The fourth-order valence-electron chi connectivity index (χ4n) is 2.57. The van der Waals surface area contributed by atoms with E-state index in [1.807, 2.05) is 11.8 Å². The molecule has 0 radical (unpaired) electrons. The zero-order chi connectivity index (χ0) is 12.6. The Labute approximate surface area is 105 Å². The van der Waals surface area contributed by atoms with Gasteiger partial charge in [0.15, 0.2) is 0 Å². The summed E-state index contributed by atoms with van der Waals surface area (Å²) in [5.41, 5.74) is 0. The topological polar surface area (TPSA) is 60.9 Å². The van der Waals surface area contributed by atoms with Gasteiger partial charge in [-0.2, -0.15) is 0 Å². The van der Waals surface area contributed by atoms with Crippen molar-refractivity contribution in [1.82, 2.24) is 9.80 Å². The number of carboxylic acid groups (broad SMARTS) is 1. The normalized spacial score (nSPS) is 33.2. The molecule has 0 bridgehead atoms. The van der Waals surface area contributed by atoms with Gasteiger partial charge in [0.05, 0.1) is 5.88 Å². The molecule has 17 heavy (non-hydrogen) atoms. The SMILES string of the molecule is CC1CC(C)N(C(=O)N2CSC[C@H]2C(=O)O)C1. The van der Waals surface area contributed by atoms with Crippen LogP contribution in [0.2, 0.25) is 0 Å². The number of amides is 2. The highest BCUT2D eigenvalue weighted by Crippen LogP contribution is 2.28. The van der Waals surface area contributed by atoms with Crippen LogP contribution in [-0.2, 0) is 4.79 Å². The Morgan fingerprint density at radius 1 is 1.29 bits per heavy atom. The number of carbonyl (C=O) groups is 2.